The number of aryl methyl sites for hydroxylation is 1. The van der Waals surface area contributed by atoms with Crippen molar-refractivity contribution in [3.63, 3.8) is 0 Å². The van der Waals surface area contributed by atoms with E-state index in [4.69, 9.17) is 0 Å². The molecule has 1 amide bonds. The van der Waals surface area contributed by atoms with Crippen LogP contribution in [0.15, 0.2) is 79.1 Å². The molecule has 2 N–H and O–H groups in total. The third kappa shape index (κ3) is 4.11. The minimum absolute atomic E-state index is 0.331. The lowest BCUT2D eigenvalue weighted by molar-refractivity contribution is -0.130. The third-order valence-electron chi connectivity index (χ3n) is 4.01. The summed E-state index contributed by atoms with van der Waals surface area (Å²) in [5.74, 6) is -0.454. The van der Waals surface area contributed by atoms with Gasteiger partial charge in [0.2, 0.25) is 0 Å². The van der Waals surface area contributed by atoms with Crippen molar-refractivity contribution < 1.29 is 9.90 Å². The topological polar surface area (TPSA) is 62.2 Å². The quantitative estimate of drug-likeness (QED) is 0.753. The Hall–Kier alpha value is -2.98. The van der Waals surface area contributed by atoms with Gasteiger partial charge in [0.05, 0.1) is 6.04 Å². The molecule has 0 spiro atoms. The molecule has 25 heavy (non-hydrogen) atoms. The number of rotatable bonds is 5. The number of amides is 1. The maximum absolute atomic E-state index is 12.6. The lowest BCUT2D eigenvalue weighted by Gasteiger charge is -2.22. The van der Waals surface area contributed by atoms with Crippen molar-refractivity contribution in [1.82, 2.24) is 10.3 Å². The smallest absolute Gasteiger partial charge is 0.254 e. The van der Waals surface area contributed by atoms with Gasteiger partial charge in [0, 0.05) is 18.0 Å². The molecule has 3 rings (SSSR count). The number of aromatic nitrogens is 1. The summed E-state index contributed by atoms with van der Waals surface area (Å²) >= 11 is 0. The van der Waals surface area contributed by atoms with E-state index in [1.54, 1.807) is 12.3 Å². The van der Waals surface area contributed by atoms with Gasteiger partial charge in [0.15, 0.2) is 6.10 Å². The summed E-state index contributed by atoms with van der Waals surface area (Å²) in [5, 5.41) is 13.4. The molecule has 4 heteroatoms. The molecular formula is C21H20N2O2. The first-order valence-corrected chi connectivity index (χ1v) is 8.15. The highest BCUT2D eigenvalue weighted by Crippen LogP contribution is 2.23. The SMILES string of the molecule is Cc1cncc(C(O)C(=O)NC(c2ccccc2)c2ccccc2)c1. The van der Waals surface area contributed by atoms with E-state index in [-0.39, 0.29) is 6.04 Å². The van der Waals surface area contributed by atoms with Crippen molar-refractivity contribution >= 4 is 5.91 Å². The van der Waals surface area contributed by atoms with Crippen LogP contribution < -0.4 is 5.32 Å². The monoisotopic (exact) mass is 332 g/mol. The van der Waals surface area contributed by atoms with E-state index >= 15 is 0 Å². The van der Waals surface area contributed by atoms with Crippen molar-refractivity contribution in [3.05, 3.63) is 101 Å². The number of aliphatic hydroxyl groups excluding tert-OH is 1. The predicted molar refractivity (Wildman–Crippen MR) is 96.8 cm³/mol. The second-order valence-electron chi connectivity index (χ2n) is 5.96. The minimum atomic E-state index is -1.26. The van der Waals surface area contributed by atoms with Crippen LogP contribution in [0.4, 0.5) is 0 Å². The summed E-state index contributed by atoms with van der Waals surface area (Å²) in [5.41, 5.74) is 3.29. The fourth-order valence-electron chi connectivity index (χ4n) is 2.75. The van der Waals surface area contributed by atoms with Crippen LogP contribution in [-0.4, -0.2) is 16.0 Å². The fraction of sp³-hybridized carbons (Fsp3) is 0.143. The molecule has 0 aliphatic heterocycles. The molecule has 0 fully saturated rings. The van der Waals surface area contributed by atoms with Crippen molar-refractivity contribution in [2.24, 2.45) is 0 Å². The molecule has 1 atom stereocenters. The van der Waals surface area contributed by atoms with Gasteiger partial charge in [-0.3, -0.25) is 9.78 Å². The molecule has 4 nitrogen and oxygen atoms in total. The van der Waals surface area contributed by atoms with Crippen molar-refractivity contribution in [1.29, 1.82) is 0 Å². The summed E-state index contributed by atoms with van der Waals surface area (Å²) < 4.78 is 0. The first kappa shape index (κ1) is 16.9. The highest BCUT2D eigenvalue weighted by molar-refractivity contribution is 5.82. The van der Waals surface area contributed by atoms with Crippen LogP contribution in [0.5, 0.6) is 0 Å². The van der Waals surface area contributed by atoms with Crippen LogP contribution in [-0.2, 0) is 4.79 Å². The Morgan fingerprint density at radius 3 is 2.00 bits per heavy atom. The fourth-order valence-corrected chi connectivity index (χ4v) is 2.75. The van der Waals surface area contributed by atoms with Crippen molar-refractivity contribution in [2.45, 2.75) is 19.1 Å². The summed E-state index contributed by atoms with van der Waals surface area (Å²) in [6.45, 7) is 1.87. The van der Waals surface area contributed by atoms with Crippen molar-refractivity contribution in [2.75, 3.05) is 0 Å². The van der Waals surface area contributed by atoms with Gasteiger partial charge in [-0.1, -0.05) is 60.7 Å². The number of pyridine rings is 1. The number of hydrogen-bond donors (Lipinski definition) is 2. The number of carbonyl (C=O) groups excluding carboxylic acids is 1. The number of hydrogen-bond acceptors (Lipinski definition) is 3. The molecule has 0 saturated carbocycles. The van der Waals surface area contributed by atoms with Gasteiger partial charge in [-0.2, -0.15) is 0 Å². The Morgan fingerprint density at radius 2 is 1.48 bits per heavy atom. The molecule has 0 radical (unpaired) electrons. The molecule has 1 unspecified atom stereocenters. The maximum atomic E-state index is 12.6. The molecule has 0 saturated heterocycles. The number of benzene rings is 2. The van der Waals surface area contributed by atoms with Crippen LogP contribution in [0.25, 0.3) is 0 Å². The molecule has 1 heterocycles. The predicted octanol–water partition coefficient (Wildman–Crippen LogP) is 3.33. The first-order chi connectivity index (χ1) is 12.1. The van der Waals surface area contributed by atoms with E-state index < -0.39 is 12.0 Å². The lowest BCUT2D eigenvalue weighted by Crippen LogP contribution is -2.33. The highest BCUT2D eigenvalue weighted by atomic mass is 16.3. The summed E-state index contributed by atoms with van der Waals surface area (Å²) in [6, 6.07) is 20.8. The van der Waals surface area contributed by atoms with Gasteiger partial charge >= 0.3 is 0 Å². The highest BCUT2D eigenvalue weighted by Gasteiger charge is 2.23. The molecule has 1 aromatic heterocycles. The Morgan fingerprint density at radius 1 is 0.920 bits per heavy atom. The molecule has 0 aliphatic carbocycles. The van der Waals surface area contributed by atoms with E-state index in [1.807, 2.05) is 67.6 Å². The Kier molecular flexibility index (Phi) is 5.21. The zero-order chi connectivity index (χ0) is 17.6. The van der Waals surface area contributed by atoms with Gasteiger partial charge in [0.1, 0.15) is 0 Å². The summed E-state index contributed by atoms with van der Waals surface area (Å²) in [6.07, 6.45) is 1.93. The second-order valence-corrected chi connectivity index (χ2v) is 5.96. The van der Waals surface area contributed by atoms with Gasteiger partial charge in [-0.05, 0) is 29.7 Å². The van der Waals surface area contributed by atoms with Crippen LogP contribution in [0.3, 0.4) is 0 Å². The van der Waals surface area contributed by atoms with Crippen LogP contribution in [0.1, 0.15) is 34.4 Å². The van der Waals surface area contributed by atoms with E-state index in [2.05, 4.69) is 10.3 Å². The summed E-state index contributed by atoms with van der Waals surface area (Å²) in [4.78, 5) is 16.7. The number of nitrogens with zero attached hydrogens (tertiary/aromatic N) is 1. The van der Waals surface area contributed by atoms with E-state index in [0.29, 0.717) is 5.56 Å². The standard InChI is InChI=1S/C21H20N2O2/c1-15-12-18(14-22-13-15)20(24)21(25)23-19(16-8-4-2-5-9-16)17-10-6-3-7-11-17/h2-14,19-20,24H,1H3,(H,23,25). The normalized spacial score (nSPS) is 12.0. The number of nitrogens with one attached hydrogen (secondary N) is 1. The molecule has 0 bridgehead atoms. The Labute approximate surface area is 147 Å². The molecule has 0 aliphatic rings. The Bertz CT molecular complexity index is 795. The largest absolute Gasteiger partial charge is 0.378 e. The van der Waals surface area contributed by atoms with Crippen LogP contribution in [0.2, 0.25) is 0 Å². The molecule has 126 valence electrons. The van der Waals surface area contributed by atoms with Crippen LogP contribution >= 0.6 is 0 Å². The average Bonchev–Trinajstić information content (AvgIpc) is 2.66. The third-order valence-corrected chi connectivity index (χ3v) is 4.01. The average molecular weight is 332 g/mol. The van der Waals surface area contributed by atoms with Gasteiger partial charge < -0.3 is 10.4 Å². The molecule has 3 aromatic rings. The first-order valence-electron chi connectivity index (χ1n) is 8.15. The minimum Gasteiger partial charge on any atom is -0.378 e. The van der Waals surface area contributed by atoms with Gasteiger partial charge in [0.25, 0.3) is 5.91 Å². The Balaban J connectivity index is 1.86. The van der Waals surface area contributed by atoms with E-state index in [0.717, 1.165) is 16.7 Å². The van der Waals surface area contributed by atoms with Gasteiger partial charge in [-0.25, -0.2) is 0 Å². The van der Waals surface area contributed by atoms with E-state index in [9.17, 15) is 9.90 Å². The maximum Gasteiger partial charge on any atom is 0.254 e. The van der Waals surface area contributed by atoms with Crippen LogP contribution in [0, 0.1) is 6.92 Å². The second kappa shape index (κ2) is 7.73. The lowest BCUT2D eigenvalue weighted by atomic mass is 9.98. The number of aliphatic hydroxyl groups is 1. The molecular weight excluding hydrogens is 312 g/mol. The zero-order valence-electron chi connectivity index (χ0n) is 14.0. The van der Waals surface area contributed by atoms with Gasteiger partial charge in [-0.15, -0.1) is 0 Å². The molecule has 2 aromatic carbocycles. The van der Waals surface area contributed by atoms with Crippen molar-refractivity contribution in [3.8, 4) is 0 Å². The number of carbonyl (C=O) groups is 1. The van der Waals surface area contributed by atoms with E-state index in [1.165, 1.54) is 6.20 Å². The summed E-state index contributed by atoms with van der Waals surface area (Å²) in [7, 11) is 0. The zero-order valence-corrected chi connectivity index (χ0v) is 14.0.